The summed E-state index contributed by atoms with van der Waals surface area (Å²) in [4.78, 5) is 10.4. The molecule has 0 aromatic heterocycles. The van der Waals surface area contributed by atoms with E-state index in [-0.39, 0.29) is 12.5 Å². The summed E-state index contributed by atoms with van der Waals surface area (Å²) in [6.45, 7) is 0. The molecule has 1 rings (SSSR count). The molecular formula is C12H17NO3. The van der Waals surface area contributed by atoms with Crippen molar-refractivity contribution in [2.45, 2.75) is 31.7 Å². The van der Waals surface area contributed by atoms with Crippen LogP contribution in [0, 0.1) is 0 Å². The van der Waals surface area contributed by atoms with Gasteiger partial charge in [-0.1, -0.05) is 30.3 Å². The van der Waals surface area contributed by atoms with Gasteiger partial charge in [-0.2, -0.15) is 0 Å². The lowest BCUT2D eigenvalue weighted by molar-refractivity contribution is -0.137. The van der Waals surface area contributed by atoms with Gasteiger partial charge in [-0.25, -0.2) is 5.48 Å². The Morgan fingerprint density at radius 3 is 2.50 bits per heavy atom. The number of nitrogens with one attached hydrogen (secondary N) is 1. The molecule has 4 heteroatoms. The summed E-state index contributed by atoms with van der Waals surface area (Å²) in [5.74, 6) is -0.833. The first kappa shape index (κ1) is 12.7. The third-order valence-electron chi connectivity index (χ3n) is 2.51. The van der Waals surface area contributed by atoms with E-state index in [4.69, 9.17) is 10.3 Å². The Morgan fingerprint density at radius 1 is 1.25 bits per heavy atom. The van der Waals surface area contributed by atoms with E-state index in [9.17, 15) is 4.79 Å². The Morgan fingerprint density at radius 2 is 1.94 bits per heavy atom. The van der Waals surface area contributed by atoms with Gasteiger partial charge in [0.1, 0.15) is 0 Å². The van der Waals surface area contributed by atoms with Crippen LogP contribution in [0.3, 0.4) is 0 Å². The molecule has 1 unspecified atom stereocenters. The van der Waals surface area contributed by atoms with Crippen LogP contribution < -0.4 is 5.48 Å². The molecule has 3 N–H and O–H groups in total. The van der Waals surface area contributed by atoms with Crippen LogP contribution in [-0.4, -0.2) is 22.3 Å². The number of hydrogen-bond donors (Lipinski definition) is 3. The summed E-state index contributed by atoms with van der Waals surface area (Å²) in [5.41, 5.74) is 3.36. The molecule has 0 saturated carbocycles. The third kappa shape index (κ3) is 4.91. The summed E-state index contributed by atoms with van der Waals surface area (Å²) >= 11 is 0. The molecule has 0 radical (unpaired) electrons. The lowest BCUT2D eigenvalue weighted by Crippen LogP contribution is -2.27. The molecule has 0 aliphatic heterocycles. The van der Waals surface area contributed by atoms with Gasteiger partial charge >= 0.3 is 5.97 Å². The number of benzene rings is 1. The smallest absolute Gasteiger partial charge is 0.303 e. The van der Waals surface area contributed by atoms with Gasteiger partial charge in [0.25, 0.3) is 0 Å². The third-order valence-corrected chi connectivity index (χ3v) is 2.51. The Balaban J connectivity index is 2.31. The van der Waals surface area contributed by atoms with Crippen LogP contribution in [0.25, 0.3) is 0 Å². The highest BCUT2D eigenvalue weighted by molar-refractivity contribution is 5.66. The molecule has 4 nitrogen and oxygen atoms in total. The standard InChI is InChI=1S/C12H17NO3/c14-12(15)9-8-11(13-16)7-6-10-4-2-1-3-5-10/h1-5,11,13,16H,6-9H2,(H,14,15). The zero-order chi connectivity index (χ0) is 11.8. The van der Waals surface area contributed by atoms with E-state index < -0.39 is 5.97 Å². The molecule has 0 bridgehead atoms. The van der Waals surface area contributed by atoms with E-state index in [1.165, 1.54) is 5.56 Å². The van der Waals surface area contributed by atoms with E-state index in [1.807, 2.05) is 30.3 Å². The second-order valence-electron chi connectivity index (χ2n) is 3.78. The van der Waals surface area contributed by atoms with Gasteiger partial charge in [0.15, 0.2) is 0 Å². The van der Waals surface area contributed by atoms with Gasteiger partial charge in [0.2, 0.25) is 0 Å². The number of hydroxylamine groups is 1. The quantitative estimate of drug-likeness (QED) is 0.617. The van der Waals surface area contributed by atoms with Crippen molar-refractivity contribution in [2.75, 3.05) is 0 Å². The largest absolute Gasteiger partial charge is 0.481 e. The molecule has 0 heterocycles. The predicted molar refractivity (Wildman–Crippen MR) is 60.3 cm³/mol. The number of aliphatic carboxylic acids is 1. The van der Waals surface area contributed by atoms with Crippen molar-refractivity contribution in [3.8, 4) is 0 Å². The molecule has 0 spiro atoms. The lowest BCUT2D eigenvalue weighted by Gasteiger charge is -2.13. The Bertz CT molecular complexity index is 313. The first-order chi connectivity index (χ1) is 7.72. The molecule has 1 aromatic carbocycles. The maximum Gasteiger partial charge on any atom is 0.303 e. The van der Waals surface area contributed by atoms with Crippen molar-refractivity contribution < 1.29 is 15.1 Å². The van der Waals surface area contributed by atoms with Gasteiger partial charge in [0.05, 0.1) is 0 Å². The van der Waals surface area contributed by atoms with Gasteiger partial charge in [-0.3, -0.25) is 4.79 Å². The number of carbonyl (C=O) groups is 1. The first-order valence-corrected chi connectivity index (χ1v) is 5.37. The van der Waals surface area contributed by atoms with Crippen LogP contribution in [0.4, 0.5) is 0 Å². The Hall–Kier alpha value is -1.39. The fraction of sp³-hybridized carbons (Fsp3) is 0.417. The van der Waals surface area contributed by atoms with Crippen molar-refractivity contribution in [3.63, 3.8) is 0 Å². The summed E-state index contributed by atoms with van der Waals surface area (Å²) in [6.07, 6.45) is 2.08. The SMILES string of the molecule is O=C(O)CCC(CCc1ccccc1)NO. The maximum absolute atomic E-state index is 10.4. The normalized spacial score (nSPS) is 12.3. The highest BCUT2D eigenvalue weighted by atomic mass is 16.5. The Kier molecular flexibility index (Phi) is 5.53. The topological polar surface area (TPSA) is 69.6 Å². The van der Waals surface area contributed by atoms with Crippen LogP contribution in [0.2, 0.25) is 0 Å². The van der Waals surface area contributed by atoms with Crippen LogP contribution in [-0.2, 0) is 11.2 Å². The van der Waals surface area contributed by atoms with Crippen LogP contribution in [0.1, 0.15) is 24.8 Å². The van der Waals surface area contributed by atoms with E-state index in [2.05, 4.69) is 5.48 Å². The van der Waals surface area contributed by atoms with Gasteiger partial charge in [-0.05, 0) is 24.8 Å². The minimum absolute atomic E-state index is 0.0764. The average Bonchev–Trinajstić information content (AvgIpc) is 2.30. The second kappa shape index (κ2) is 6.98. The van der Waals surface area contributed by atoms with Crippen molar-refractivity contribution in [1.82, 2.24) is 5.48 Å². The molecule has 0 saturated heterocycles. The molecule has 1 aromatic rings. The number of carboxylic acids is 1. The minimum Gasteiger partial charge on any atom is -0.481 e. The summed E-state index contributed by atoms with van der Waals surface area (Å²) in [7, 11) is 0. The molecular weight excluding hydrogens is 206 g/mol. The molecule has 16 heavy (non-hydrogen) atoms. The lowest BCUT2D eigenvalue weighted by atomic mass is 10.0. The summed E-state index contributed by atoms with van der Waals surface area (Å²) in [5, 5.41) is 17.4. The van der Waals surface area contributed by atoms with E-state index in [0.717, 1.165) is 12.8 Å². The van der Waals surface area contributed by atoms with Crippen LogP contribution >= 0.6 is 0 Å². The monoisotopic (exact) mass is 223 g/mol. The van der Waals surface area contributed by atoms with E-state index in [0.29, 0.717) is 6.42 Å². The summed E-state index contributed by atoms with van der Waals surface area (Å²) < 4.78 is 0. The maximum atomic E-state index is 10.4. The average molecular weight is 223 g/mol. The second-order valence-corrected chi connectivity index (χ2v) is 3.78. The van der Waals surface area contributed by atoms with Crippen molar-refractivity contribution in [3.05, 3.63) is 35.9 Å². The number of rotatable bonds is 7. The van der Waals surface area contributed by atoms with Crippen molar-refractivity contribution >= 4 is 5.97 Å². The minimum atomic E-state index is -0.833. The number of hydrogen-bond acceptors (Lipinski definition) is 3. The van der Waals surface area contributed by atoms with Gasteiger partial charge in [-0.15, -0.1) is 0 Å². The molecule has 0 fully saturated rings. The fourth-order valence-electron chi connectivity index (χ4n) is 1.56. The van der Waals surface area contributed by atoms with Gasteiger partial charge < -0.3 is 10.3 Å². The highest BCUT2D eigenvalue weighted by Crippen LogP contribution is 2.08. The fourth-order valence-corrected chi connectivity index (χ4v) is 1.56. The van der Waals surface area contributed by atoms with Crippen LogP contribution in [0.5, 0.6) is 0 Å². The van der Waals surface area contributed by atoms with Crippen LogP contribution in [0.15, 0.2) is 30.3 Å². The summed E-state index contributed by atoms with van der Waals surface area (Å²) in [6, 6.07) is 9.77. The zero-order valence-corrected chi connectivity index (χ0v) is 9.10. The predicted octanol–water partition coefficient (Wildman–Crippen LogP) is 1.83. The number of aryl methyl sites for hydroxylation is 1. The molecule has 0 aliphatic rings. The molecule has 1 atom stereocenters. The molecule has 0 aliphatic carbocycles. The van der Waals surface area contributed by atoms with Crippen molar-refractivity contribution in [2.24, 2.45) is 0 Å². The first-order valence-electron chi connectivity index (χ1n) is 5.37. The molecule has 88 valence electrons. The van der Waals surface area contributed by atoms with E-state index >= 15 is 0 Å². The number of carboxylic acid groups (broad SMARTS) is 1. The van der Waals surface area contributed by atoms with Crippen molar-refractivity contribution in [1.29, 1.82) is 0 Å². The highest BCUT2D eigenvalue weighted by Gasteiger charge is 2.09. The van der Waals surface area contributed by atoms with E-state index in [1.54, 1.807) is 0 Å². The Labute approximate surface area is 94.9 Å². The van der Waals surface area contributed by atoms with Gasteiger partial charge in [0, 0.05) is 12.5 Å². The zero-order valence-electron chi connectivity index (χ0n) is 9.10. The molecule has 0 amide bonds.